The molecule has 2 heterocycles. The smallest absolute Gasteiger partial charge is 0.247 e. The lowest BCUT2D eigenvalue weighted by Gasteiger charge is -2.18. The lowest BCUT2D eigenvalue weighted by Crippen LogP contribution is -2.47. The maximum atomic E-state index is 12.8. The molecular weight excluding hydrogens is 408 g/mol. The van der Waals surface area contributed by atoms with Gasteiger partial charge in [0.15, 0.2) is 0 Å². The third-order valence-corrected chi connectivity index (χ3v) is 5.39. The zero-order valence-corrected chi connectivity index (χ0v) is 18.7. The summed E-state index contributed by atoms with van der Waals surface area (Å²) in [5, 5.41) is 5.92. The van der Waals surface area contributed by atoms with Crippen LogP contribution in [0.4, 0.5) is 0 Å². The van der Waals surface area contributed by atoms with E-state index in [0.29, 0.717) is 35.9 Å². The molecule has 2 amide bonds. The van der Waals surface area contributed by atoms with Crippen molar-refractivity contribution in [3.63, 3.8) is 0 Å². The van der Waals surface area contributed by atoms with Crippen LogP contribution >= 0.6 is 0 Å². The van der Waals surface area contributed by atoms with Gasteiger partial charge in [-0.05, 0) is 45.1 Å². The van der Waals surface area contributed by atoms with Crippen LogP contribution < -0.4 is 15.4 Å². The highest BCUT2D eigenvalue weighted by molar-refractivity contribution is 5.94. The van der Waals surface area contributed by atoms with E-state index >= 15 is 0 Å². The van der Waals surface area contributed by atoms with E-state index in [1.807, 2.05) is 37.3 Å². The number of nitrogens with one attached hydrogen (secondary N) is 2. The Morgan fingerprint density at radius 3 is 2.09 bits per heavy atom. The van der Waals surface area contributed by atoms with Crippen LogP contribution in [0.15, 0.2) is 78.1 Å². The highest BCUT2D eigenvalue weighted by Gasteiger charge is 2.48. The Bertz CT molecular complexity index is 935. The van der Waals surface area contributed by atoms with Gasteiger partial charge in [0.25, 0.3) is 0 Å². The molecule has 4 unspecified atom stereocenters. The topological polar surface area (TPSA) is 85.9 Å². The van der Waals surface area contributed by atoms with Gasteiger partial charge in [0.2, 0.25) is 11.8 Å². The highest BCUT2D eigenvalue weighted by Crippen LogP contribution is 2.27. The Labute approximate surface area is 188 Å². The molecule has 1 aromatic carbocycles. The molecule has 7 heteroatoms. The number of rotatable bonds is 8. The van der Waals surface area contributed by atoms with Crippen LogP contribution in [0.3, 0.4) is 0 Å². The number of carbonyl (C=O) groups excluding carboxylic acids is 2. The summed E-state index contributed by atoms with van der Waals surface area (Å²) in [5.41, 5.74) is 1.06. The number of hydrogen-bond donors (Lipinski definition) is 2. The molecule has 2 N–H and O–H groups in total. The molecule has 0 saturated carbocycles. The number of allylic oxidation sites excluding steroid dienone is 4. The molecular formula is C25H30N2O5. The van der Waals surface area contributed by atoms with Crippen molar-refractivity contribution in [2.45, 2.75) is 45.1 Å². The maximum Gasteiger partial charge on any atom is 0.247 e. The largest absolute Gasteiger partial charge is 0.458 e. The van der Waals surface area contributed by atoms with E-state index < -0.39 is 0 Å². The van der Waals surface area contributed by atoms with Gasteiger partial charge >= 0.3 is 0 Å². The first-order valence-electron chi connectivity index (χ1n) is 10.6. The number of carbonyl (C=O) groups is 2. The zero-order chi connectivity index (χ0) is 23.1. The summed E-state index contributed by atoms with van der Waals surface area (Å²) < 4.78 is 17.5. The van der Waals surface area contributed by atoms with E-state index in [9.17, 15) is 9.59 Å². The van der Waals surface area contributed by atoms with Gasteiger partial charge in [-0.2, -0.15) is 0 Å². The molecule has 2 fully saturated rings. The third-order valence-electron chi connectivity index (χ3n) is 5.39. The summed E-state index contributed by atoms with van der Waals surface area (Å²) >= 11 is 0. The van der Waals surface area contributed by atoms with E-state index in [-0.39, 0.29) is 36.1 Å². The Morgan fingerprint density at radius 1 is 1.00 bits per heavy atom. The molecule has 0 radical (unpaired) electrons. The number of hydrogen-bond acceptors (Lipinski definition) is 5. The Hall–Kier alpha value is -3.16. The van der Waals surface area contributed by atoms with Crippen LogP contribution in [0.2, 0.25) is 0 Å². The van der Waals surface area contributed by atoms with E-state index in [0.717, 1.165) is 0 Å². The molecule has 1 aromatic rings. The molecule has 0 aromatic heterocycles. The molecule has 2 aliphatic rings. The third kappa shape index (κ3) is 5.75. The van der Waals surface area contributed by atoms with Gasteiger partial charge in [-0.3, -0.25) is 9.59 Å². The van der Waals surface area contributed by atoms with Crippen molar-refractivity contribution >= 4 is 11.8 Å². The lowest BCUT2D eigenvalue weighted by molar-refractivity contribution is -0.119. The summed E-state index contributed by atoms with van der Waals surface area (Å²) in [6, 6.07) is 8.81. The minimum Gasteiger partial charge on any atom is -0.458 e. The van der Waals surface area contributed by atoms with Crippen LogP contribution in [0.5, 0.6) is 5.75 Å². The fraction of sp³-hybridized carbons (Fsp3) is 0.360. The van der Waals surface area contributed by atoms with Crippen molar-refractivity contribution in [2.24, 2.45) is 0 Å². The van der Waals surface area contributed by atoms with Crippen LogP contribution in [0.25, 0.3) is 0 Å². The van der Waals surface area contributed by atoms with Crippen molar-refractivity contribution in [3.05, 3.63) is 78.1 Å². The van der Waals surface area contributed by atoms with E-state index in [2.05, 4.69) is 17.2 Å². The lowest BCUT2D eigenvalue weighted by atomic mass is 10.1. The second kappa shape index (κ2) is 10.9. The molecule has 2 saturated heterocycles. The SMILES string of the molecule is C=CC=C(C)C(=O)NC1COC2C(NC(=O)C(C)=CC(=CC)Oc3ccccc3)COC12. The number of fused-ring (bicyclic) bond motifs is 1. The summed E-state index contributed by atoms with van der Waals surface area (Å²) in [6.07, 6.45) is 6.09. The highest BCUT2D eigenvalue weighted by atomic mass is 16.6. The number of benzene rings is 1. The second-order valence-electron chi connectivity index (χ2n) is 7.77. The van der Waals surface area contributed by atoms with E-state index in [1.165, 1.54) is 0 Å². The minimum absolute atomic E-state index is 0.189. The van der Waals surface area contributed by atoms with E-state index in [4.69, 9.17) is 14.2 Å². The fourth-order valence-corrected chi connectivity index (χ4v) is 3.64. The normalized spacial score (nSPS) is 25.8. The number of amides is 2. The first kappa shape index (κ1) is 23.5. The van der Waals surface area contributed by atoms with Gasteiger partial charge in [-0.1, -0.05) is 36.9 Å². The number of ether oxygens (including phenoxy) is 3. The van der Waals surface area contributed by atoms with Crippen LogP contribution in [0, 0.1) is 0 Å². The molecule has 32 heavy (non-hydrogen) atoms. The summed E-state index contributed by atoms with van der Waals surface area (Å²) in [4.78, 5) is 25.0. The minimum atomic E-state index is -0.317. The molecule has 4 atom stereocenters. The van der Waals surface area contributed by atoms with Gasteiger partial charge in [-0.25, -0.2) is 0 Å². The maximum absolute atomic E-state index is 12.8. The van der Waals surface area contributed by atoms with Gasteiger partial charge in [0.1, 0.15) is 23.7 Å². The fourth-order valence-electron chi connectivity index (χ4n) is 3.64. The average molecular weight is 439 g/mol. The predicted octanol–water partition coefficient (Wildman–Crippen LogP) is 2.82. The Kier molecular flexibility index (Phi) is 8.03. The summed E-state index contributed by atoms with van der Waals surface area (Å²) in [7, 11) is 0. The molecule has 3 rings (SSSR count). The zero-order valence-electron chi connectivity index (χ0n) is 18.7. The molecule has 2 aliphatic heterocycles. The average Bonchev–Trinajstić information content (AvgIpc) is 3.37. The Morgan fingerprint density at radius 2 is 1.56 bits per heavy atom. The quantitative estimate of drug-likeness (QED) is 0.370. The first-order chi connectivity index (χ1) is 15.4. The molecule has 170 valence electrons. The van der Waals surface area contributed by atoms with Crippen LogP contribution in [0.1, 0.15) is 20.8 Å². The molecule has 0 spiro atoms. The summed E-state index contributed by atoms with van der Waals surface area (Å²) in [6.45, 7) is 9.55. The molecule has 0 bridgehead atoms. The van der Waals surface area contributed by atoms with Gasteiger partial charge in [0.05, 0.1) is 25.3 Å². The predicted molar refractivity (Wildman–Crippen MR) is 122 cm³/mol. The van der Waals surface area contributed by atoms with E-state index in [1.54, 1.807) is 38.2 Å². The van der Waals surface area contributed by atoms with Crippen molar-refractivity contribution < 1.29 is 23.8 Å². The molecule has 7 nitrogen and oxygen atoms in total. The van der Waals surface area contributed by atoms with Crippen LogP contribution in [-0.2, 0) is 19.1 Å². The van der Waals surface area contributed by atoms with Gasteiger partial charge in [0, 0.05) is 11.1 Å². The van der Waals surface area contributed by atoms with Gasteiger partial charge in [-0.15, -0.1) is 0 Å². The number of para-hydroxylation sites is 1. The van der Waals surface area contributed by atoms with Gasteiger partial charge < -0.3 is 24.8 Å². The van der Waals surface area contributed by atoms with Crippen LogP contribution in [-0.4, -0.2) is 49.3 Å². The van der Waals surface area contributed by atoms with Crippen molar-refractivity contribution in [2.75, 3.05) is 13.2 Å². The van der Waals surface area contributed by atoms with Crippen molar-refractivity contribution in [3.8, 4) is 5.75 Å². The second-order valence-corrected chi connectivity index (χ2v) is 7.77. The van der Waals surface area contributed by atoms with Crippen molar-refractivity contribution in [1.82, 2.24) is 10.6 Å². The molecule has 0 aliphatic carbocycles. The summed E-state index contributed by atoms with van der Waals surface area (Å²) in [5.74, 6) is 0.859. The Balaban J connectivity index is 1.57. The van der Waals surface area contributed by atoms with Crippen molar-refractivity contribution in [1.29, 1.82) is 0 Å². The monoisotopic (exact) mass is 438 g/mol. The standard InChI is InChI=1S/C25H30N2O5/c1-5-10-16(3)24(28)26-20-14-30-23-21(15-31-22(20)23)27-25(29)17(4)13-18(6-2)32-19-11-8-7-9-12-19/h5-13,20-23H,1,14-15H2,2-4H3,(H,26,28)(H,27,29). The first-order valence-corrected chi connectivity index (χ1v) is 10.6.